The first-order chi connectivity index (χ1) is 11.3. The second kappa shape index (κ2) is 13.6. The van der Waals surface area contributed by atoms with Gasteiger partial charge >= 0.3 is 0 Å². The summed E-state index contributed by atoms with van der Waals surface area (Å²) in [5.74, 6) is 1.72. The van der Waals surface area contributed by atoms with Gasteiger partial charge < -0.3 is 0 Å². The fourth-order valence-electron chi connectivity index (χ4n) is 3.79. The first kappa shape index (κ1) is 20.3. The van der Waals surface area contributed by atoms with Gasteiger partial charge in [0.05, 0.1) is 0 Å². The van der Waals surface area contributed by atoms with Crippen LogP contribution in [0.1, 0.15) is 97.3 Å². The zero-order valence-corrected chi connectivity index (χ0v) is 15.9. The summed E-state index contributed by atoms with van der Waals surface area (Å²) in [5, 5.41) is 0. The highest BCUT2D eigenvalue weighted by molar-refractivity contribution is 5.14. The van der Waals surface area contributed by atoms with Crippen LogP contribution in [0.15, 0.2) is 36.5 Å². The van der Waals surface area contributed by atoms with Crippen LogP contribution < -0.4 is 0 Å². The van der Waals surface area contributed by atoms with Crippen molar-refractivity contribution in [3.8, 4) is 0 Å². The minimum Gasteiger partial charge on any atom is -0.103 e. The second-order valence-electron chi connectivity index (χ2n) is 7.33. The van der Waals surface area contributed by atoms with Crippen LogP contribution in [-0.4, -0.2) is 0 Å². The zero-order chi connectivity index (χ0) is 16.8. The van der Waals surface area contributed by atoms with Gasteiger partial charge in [0, 0.05) is 0 Å². The third kappa shape index (κ3) is 9.18. The van der Waals surface area contributed by atoms with E-state index in [0.29, 0.717) is 0 Å². The molecular formula is C23H40. The lowest BCUT2D eigenvalue weighted by Crippen LogP contribution is -2.07. The van der Waals surface area contributed by atoms with Crippen molar-refractivity contribution in [1.82, 2.24) is 0 Å². The Hall–Kier alpha value is -0.780. The van der Waals surface area contributed by atoms with E-state index in [9.17, 15) is 0 Å². The Bertz CT molecular complexity index is 341. The van der Waals surface area contributed by atoms with E-state index in [4.69, 9.17) is 0 Å². The summed E-state index contributed by atoms with van der Waals surface area (Å²) in [6.45, 7) is 8.51. The summed E-state index contributed by atoms with van der Waals surface area (Å²) in [7, 11) is 0. The van der Waals surface area contributed by atoms with E-state index in [1.54, 1.807) is 5.57 Å². The van der Waals surface area contributed by atoms with E-state index >= 15 is 0 Å². The van der Waals surface area contributed by atoms with Gasteiger partial charge in [0.15, 0.2) is 0 Å². The van der Waals surface area contributed by atoms with E-state index in [-0.39, 0.29) is 0 Å². The summed E-state index contributed by atoms with van der Waals surface area (Å²) in [6, 6.07) is 0. The molecule has 2 aliphatic rings. The number of hydrogen-bond acceptors (Lipinski definition) is 0. The summed E-state index contributed by atoms with van der Waals surface area (Å²) < 4.78 is 0. The molecule has 0 heterocycles. The highest BCUT2D eigenvalue weighted by Gasteiger charge is 2.25. The molecule has 0 radical (unpaired) electrons. The number of unbranched alkanes of at least 4 members (excludes halogenated alkanes) is 4. The molecule has 0 fully saturated rings. The van der Waals surface area contributed by atoms with Gasteiger partial charge in [-0.25, -0.2) is 0 Å². The Morgan fingerprint density at radius 1 is 1.04 bits per heavy atom. The average Bonchev–Trinajstić information content (AvgIpc) is 3.22. The molecule has 0 heteroatoms. The standard InChI is InChI=1S/C18H32.C5H8/c1-4-7-9-12-16-14-17(11-6-3)18(15-16)13-10-8-5-2;1-2-4-5-3-1/h6,15,17-18H,3-5,7-14H2,1-2H3;1-2H,3-5H2. The lowest BCUT2D eigenvalue weighted by atomic mass is 9.88. The van der Waals surface area contributed by atoms with Gasteiger partial charge in [-0.05, 0) is 63.2 Å². The van der Waals surface area contributed by atoms with Gasteiger partial charge in [0.25, 0.3) is 0 Å². The van der Waals surface area contributed by atoms with Crippen molar-refractivity contribution in [2.75, 3.05) is 0 Å². The number of allylic oxidation sites excluding steroid dienone is 5. The van der Waals surface area contributed by atoms with Crippen molar-refractivity contribution in [3.05, 3.63) is 36.5 Å². The molecule has 132 valence electrons. The minimum atomic E-state index is 0.853. The van der Waals surface area contributed by atoms with Crippen LogP contribution in [-0.2, 0) is 0 Å². The lowest BCUT2D eigenvalue weighted by Gasteiger charge is -2.17. The fraction of sp³-hybridized carbons (Fsp3) is 0.739. The Morgan fingerprint density at radius 2 is 1.74 bits per heavy atom. The van der Waals surface area contributed by atoms with Crippen LogP contribution in [0.5, 0.6) is 0 Å². The summed E-state index contributed by atoms with van der Waals surface area (Å²) in [6.07, 6.45) is 26.8. The van der Waals surface area contributed by atoms with Gasteiger partial charge in [0.2, 0.25) is 0 Å². The molecule has 0 aromatic heterocycles. The largest absolute Gasteiger partial charge is 0.103 e. The van der Waals surface area contributed by atoms with Crippen molar-refractivity contribution in [1.29, 1.82) is 0 Å². The van der Waals surface area contributed by atoms with Crippen LogP contribution in [0.3, 0.4) is 0 Å². The molecule has 0 aromatic carbocycles. The summed E-state index contributed by atoms with van der Waals surface area (Å²) in [4.78, 5) is 0. The van der Waals surface area contributed by atoms with Gasteiger partial charge in [0.1, 0.15) is 0 Å². The molecule has 0 saturated carbocycles. The van der Waals surface area contributed by atoms with Crippen LogP contribution in [0.25, 0.3) is 0 Å². The molecule has 0 bridgehead atoms. The summed E-state index contributed by atoms with van der Waals surface area (Å²) >= 11 is 0. The van der Waals surface area contributed by atoms with Gasteiger partial charge in [-0.1, -0.05) is 75.8 Å². The topological polar surface area (TPSA) is 0 Å². The maximum Gasteiger partial charge on any atom is -0.0196 e. The zero-order valence-electron chi connectivity index (χ0n) is 15.9. The predicted molar refractivity (Wildman–Crippen MR) is 106 cm³/mol. The molecule has 23 heavy (non-hydrogen) atoms. The Kier molecular flexibility index (Phi) is 12.0. The second-order valence-corrected chi connectivity index (χ2v) is 7.33. The molecule has 0 saturated heterocycles. The predicted octanol–water partition coefficient (Wildman–Crippen LogP) is 8.01. The molecule has 0 amide bonds. The normalized spacial score (nSPS) is 22.6. The summed E-state index contributed by atoms with van der Waals surface area (Å²) in [5.41, 5.74) is 1.75. The molecule has 0 spiro atoms. The number of hydrogen-bond donors (Lipinski definition) is 0. The molecule has 0 aliphatic heterocycles. The molecule has 2 rings (SSSR count). The lowest BCUT2D eigenvalue weighted by molar-refractivity contribution is 0.388. The van der Waals surface area contributed by atoms with E-state index in [1.807, 2.05) is 0 Å². The highest BCUT2D eigenvalue weighted by atomic mass is 14.3. The quantitative estimate of drug-likeness (QED) is 0.283. The van der Waals surface area contributed by atoms with Gasteiger partial charge in [-0.3, -0.25) is 0 Å². The van der Waals surface area contributed by atoms with Gasteiger partial charge in [-0.2, -0.15) is 0 Å². The monoisotopic (exact) mass is 316 g/mol. The van der Waals surface area contributed by atoms with E-state index in [0.717, 1.165) is 11.8 Å². The van der Waals surface area contributed by atoms with Gasteiger partial charge in [-0.15, -0.1) is 6.58 Å². The molecular weight excluding hydrogens is 276 g/mol. The third-order valence-electron chi connectivity index (χ3n) is 5.20. The van der Waals surface area contributed by atoms with Crippen LogP contribution in [0, 0.1) is 11.8 Å². The molecule has 2 atom stereocenters. The first-order valence-electron chi connectivity index (χ1n) is 10.3. The Balaban J connectivity index is 0.000000446. The van der Waals surface area contributed by atoms with Crippen molar-refractivity contribution >= 4 is 0 Å². The van der Waals surface area contributed by atoms with Crippen molar-refractivity contribution < 1.29 is 0 Å². The minimum absolute atomic E-state index is 0.853. The van der Waals surface area contributed by atoms with E-state index < -0.39 is 0 Å². The van der Waals surface area contributed by atoms with Crippen LogP contribution in [0.4, 0.5) is 0 Å². The van der Waals surface area contributed by atoms with E-state index in [2.05, 4.69) is 44.7 Å². The van der Waals surface area contributed by atoms with Crippen molar-refractivity contribution in [2.24, 2.45) is 11.8 Å². The van der Waals surface area contributed by atoms with Crippen LogP contribution >= 0.6 is 0 Å². The molecule has 2 unspecified atom stereocenters. The average molecular weight is 317 g/mol. The maximum atomic E-state index is 3.93. The Morgan fingerprint density at radius 3 is 2.30 bits per heavy atom. The molecule has 2 aliphatic carbocycles. The molecule has 0 nitrogen and oxygen atoms in total. The van der Waals surface area contributed by atoms with Crippen LogP contribution in [0.2, 0.25) is 0 Å². The maximum absolute atomic E-state index is 3.93. The number of rotatable bonds is 10. The highest BCUT2D eigenvalue weighted by Crippen LogP contribution is 2.38. The third-order valence-corrected chi connectivity index (χ3v) is 5.20. The van der Waals surface area contributed by atoms with Crippen molar-refractivity contribution in [3.63, 3.8) is 0 Å². The molecule has 0 N–H and O–H groups in total. The smallest absolute Gasteiger partial charge is 0.0196 e. The Labute approximate surface area is 146 Å². The fourth-order valence-corrected chi connectivity index (χ4v) is 3.79. The van der Waals surface area contributed by atoms with Crippen molar-refractivity contribution in [2.45, 2.75) is 97.3 Å². The van der Waals surface area contributed by atoms with E-state index in [1.165, 1.54) is 83.5 Å². The molecule has 0 aromatic rings. The SMILES string of the molecule is C1=CCCC1.C=CCC1CC(CCCCC)=CC1CCCCC. The first-order valence-corrected chi connectivity index (χ1v) is 10.3.